The zero-order valence-electron chi connectivity index (χ0n) is 12.9. The molecule has 4 nitrogen and oxygen atoms in total. The second kappa shape index (κ2) is 7.34. The van der Waals surface area contributed by atoms with Crippen LogP contribution in [0.5, 0.6) is 5.75 Å². The van der Waals surface area contributed by atoms with Crippen molar-refractivity contribution < 1.29 is 14.4 Å². The van der Waals surface area contributed by atoms with E-state index >= 15 is 0 Å². The van der Waals surface area contributed by atoms with E-state index in [0.717, 1.165) is 27.8 Å². The van der Waals surface area contributed by atoms with Crippen molar-refractivity contribution in [3.05, 3.63) is 73.7 Å². The van der Waals surface area contributed by atoms with Crippen molar-refractivity contribution in [1.82, 2.24) is 0 Å². The first-order valence-electron chi connectivity index (χ1n) is 7.49. The SMILES string of the molecule is C=CC[NH+](Cc1ccc(Br)s1)Cc1cc(=O)oc2cc(O)ccc12. The molecule has 3 rings (SSSR count). The molecule has 1 aromatic carbocycles. The smallest absolute Gasteiger partial charge is 0.336 e. The van der Waals surface area contributed by atoms with Crippen molar-refractivity contribution in [2.75, 3.05) is 6.54 Å². The Labute approximate surface area is 151 Å². The minimum atomic E-state index is -0.403. The zero-order chi connectivity index (χ0) is 17.1. The summed E-state index contributed by atoms with van der Waals surface area (Å²) in [5, 5.41) is 10.4. The number of phenolic OH excluding ortho intramolecular Hbond substituents is 1. The van der Waals surface area contributed by atoms with E-state index in [2.05, 4.69) is 28.6 Å². The molecule has 0 fully saturated rings. The van der Waals surface area contributed by atoms with Crippen LogP contribution in [0.2, 0.25) is 0 Å². The highest BCUT2D eigenvalue weighted by molar-refractivity contribution is 9.11. The highest BCUT2D eigenvalue weighted by Gasteiger charge is 2.15. The average molecular weight is 407 g/mol. The summed E-state index contributed by atoms with van der Waals surface area (Å²) in [6.45, 7) is 6.15. The van der Waals surface area contributed by atoms with Crippen LogP contribution in [0.4, 0.5) is 0 Å². The molecule has 2 N–H and O–H groups in total. The topological polar surface area (TPSA) is 54.9 Å². The number of quaternary nitrogens is 1. The summed E-state index contributed by atoms with van der Waals surface area (Å²) < 4.78 is 6.31. The molecule has 2 heterocycles. The summed E-state index contributed by atoms with van der Waals surface area (Å²) in [5.74, 6) is 0.0848. The number of rotatable bonds is 6. The molecule has 0 saturated heterocycles. The normalized spacial score (nSPS) is 12.4. The zero-order valence-corrected chi connectivity index (χ0v) is 15.3. The van der Waals surface area contributed by atoms with Gasteiger partial charge in [0.1, 0.15) is 24.4 Å². The Morgan fingerprint density at radius 3 is 2.79 bits per heavy atom. The van der Waals surface area contributed by atoms with Gasteiger partial charge in [-0.25, -0.2) is 4.79 Å². The third kappa shape index (κ3) is 3.95. The molecule has 3 aromatic rings. The summed E-state index contributed by atoms with van der Waals surface area (Å²) in [6, 6.07) is 10.6. The lowest BCUT2D eigenvalue weighted by Crippen LogP contribution is -3.09. The van der Waals surface area contributed by atoms with Gasteiger partial charge in [0.15, 0.2) is 0 Å². The van der Waals surface area contributed by atoms with Crippen LogP contribution in [0.15, 0.2) is 62.1 Å². The van der Waals surface area contributed by atoms with Crippen LogP contribution < -0.4 is 10.5 Å². The van der Waals surface area contributed by atoms with E-state index in [1.54, 1.807) is 23.5 Å². The molecule has 0 aliphatic heterocycles. The highest BCUT2D eigenvalue weighted by Crippen LogP contribution is 2.22. The first-order valence-corrected chi connectivity index (χ1v) is 9.10. The third-order valence-electron chi connectivity index (χ3n) is 3.74. The largest absolute Gasteiger partial charge is 0.508 e. The molecule has 124 valence electrons. The van der Waals surface area contributed by atoms with Gasteiger partial charge >= 0.3 is 5.63 Å². The van der Waals surface area contributed by atoms with Crippen LogP contribution in [0, 0.1) is 0 Å². The molecule has 0 aliphatic rings. The van der Waals surface area contributed by atoms with Crippen LogP contribution in [-0.2, 0) is 13.1 Å². The Morgan fingerprint density at radius 1 is 1.25 bits per heavy atom. The van der Waals surface area contributed by atoms with Gasteiger partial charge in [-0.2, -0.15) is 0 Å². The molecule has 0 radical (unpaired) electrons. The number of fused-ring (bicyclic) bond motifs is 1. The van der Waals surface area contributed by atoms with Crippen molar-refractivity contribution in [3.63, 3.8) is 0 Å². The van der Waals surface area contributed by atoms with E-state index in [0.29, 0.717) is 12.1 Å². The molecule has 0 bridgehead atoms. The predicted octanol–water partition coefficient (Wildman–Crippen LogP) is 3.09. The van der Waals surface area contributed by atoms with E-state index in [1.807, 2.05) is 12.1 Å². The van der Waals surface area contributed by atoms with Gasteiger partial charge in [-0.1, -0.05) is 6.58 Å². The minimum Gasteiger partial charge on any atom is -0.508 e. The molecule has 0 saturated carbocycles. The van der Waals surface area contributed by atoms with Crippen molar-refractivity contribution in [2.24, 2.45) is 0 Å². The van der Waals surface area contributed by atoms with Crippen LogP contribution in [-0.4, -0.2) is 11.7 Å². The third-order valence-corrected chi connectivity index (χ3v) is 5.36. The Hall–Kier alpha value is -1.89. The average Bonchev–Trinajstić information content (AvgIpc) is 2.92. The second-order valence-corrected chi connectivity index (χ2v) is 8.12. The number of hydrogen-bond donors (Lipinski definition) is 2. The lowest BCUT2D eigenvalue weighted by molar-refractivity contribution is -0.921. The fourth-order valence-corrected chi connectivity index (χ4v) is 4.29. The minimum absolute atomic E-state index is 0.0848. The fourth-order valence-electron chi connectivity index (χ4n) is 2.74. The molecule has 6 heteroatoms. The van der Waals surface area contributed by atoms with E-state index < -0.39 is 5.63 Å². The molecule has 24 heavy (non-hydrogen) atoms. The lowest BCUT2D eigenvalue weighted by Gasteiger charge is -2.18. The van der Waals surface area contributed by atoms with Crippen LogP contribution >= 0.6 is 27.3 Å². The molecular formula is C18H17BrNO3S+. The molecule has 1 atom stereocenters. The van der Waals surface area contributed by atoms with E-state index in [1.165, 1.54) is 21.9 Å². The van der Waals surface area contributed by atoms with E-state index in [-0.39, 0.29) is 5.75 Å². The summed E-state index contributed by atoms with van der Waals surface area (Å²) in [6.07, 6.45) is 1.89. The molecule has 0 aliphatic carbocycles. The Balaban J connectivity index is 1.93. The molecule has 0 spiro atoms. The lowest BCUT2D eigenvalue weighted by atomic mass is 10.1. The van der Waals surface area contributed by atoms with Crippen LogP contribution in [0.3, 0.4) is 0 Å². The van der Waals surface area contributed by atoms with Crippen molar-refractivity contribution in [1.29, 1.82) is 0 Å². The van der Waals surface area contributed by atoms with Crippen molar-refractivity contribution in [3.8, 4) is 5.75 Å². The number of aromatic hydroxyl groups is 1. The molecule has 2 aromatic heterocycles. The molecule has 0 amide bonds. The molecule has 1 unspecified atom stereocenters. The number of benzene rings is 1. The maximum Gasteiger partial charge on any atom is 0.336 e. The fraction of sp³-hybridized carbons (Fsp3) is 0.167. The van der Waals surface area contributed by atoms with Gasteiger partial charge in [0.05, 0.1) is 15.2 Å². The van der Waals surface area contributed by atoms with Gasteiger partial charge in [0.2, 0.25) is 0 Å². The number of halogens is 1. The number of thiophene rings is 1. The highest BCUT2D eigenvalue weighted by atomic mass is 79.9. The van der Waals surface area contributed by atoms with Crippen LogP contribution in [0.1, 0.15) is 10.4 Å². The summed E-state index contributed by atoms with van der Waals surface area (Å²) in [4.78, 5) is 14.4. The Morgan fingerprint density at radius 2 is 2.08 bits per heavy atom. The van der Waals surface area contributed by atoms with Crippen LogP contribution in [0.25, 0.3) is 11.0 Å². The quantitative estimate of drug-likeness (QED) is 0.488. The van der Waals surface area contributed by atoms with Gasteiger partial charge in [-0.3, -0.25) is 0 Å². The second-order valence-electron chi connectivity index (χ2n) is 5.57. The Bertz CT molecular complexity index is 931. The van der Waals surface area contributed by atoms with E-state index in [9.17, 15) is 9.90 Å². The first-order chi connectivity index (χ1) is 11.5. The Kier molecular flexibility index (Phi) is 5.18. The maximum atomic E-state index is 11.8. The van der Waals surface area contributed by atoms with Gasteiger partial charge in [0.25, 0.3) is 0 Å². The van der Waals surface area contributed by atoms with Gasteiger partial charge in [-0.05, 0) is 46.3 Å². The number of hydrogen-bond acceptors (Lipinski definition) is 4. The van der Waals surface area contributed by atoms with Crippen molar-refractivity contribution >= 4 is 38.2 Å². The van der Waals surface area contributed by atoms with Gasteiger partial charge in [0, 0.05) is 23.1 Å². The van der Waals surface area contributed by atoms with E-state index in [4.69, 9.17) is 4.42 Å². The molecular weight excluding hydrogens is 390 g/mol. The number of nitrogens with one attached hydrogen (secondary N) is 1. The van der Waals surface area contributed by atoms with Crippen molar-refractivity contribution in [2.45, 2.75) is 13.1 Å². The summed E-state index contributed by atoms with van der Waals surface area (Å²) >= 11 is 5.20. The standard InChI is InChI=1S/C18H16BrNO3S/c1-2-7-20(11-14-4-6-17(19)24-14)10-12-8-18(22)23-16-9-13(21)3-5-15(12)16/h2-6,8-9,21H,1,7,10-11H2/p+1. The summed E-state index contributed by atoms with van der Waals surface area (Å²) in [7, 11) is 0. The first kappa shape index (κ1) is 17.0. The van der Waals surface area contributed by atoms with Gasteiger partial charge < -0.3 is 14.4 Å². The number of phenols is 1. The van der Waals surface area contributed by atoms with Gasteiger partial charge in [-0.15, -0.1) is 11.3 Å². The summed E-state index contributed by atoms with van der Waals surface area (Å²) in [5.41, 5.74) is 0.919. The maximum absolute atomic E-state index is 11.8. The monoisotopic (exact) mass is 406 g/mol. The predicted molar refractivity (Wildman–Crippen MR) is 99.6 cm³/mol.